The third-order valence-electron chi connectivity index (χ3n) is 8.42. The van der Waals surface area contributed by atoms with E-state index in [0.717, 1.165) is 5.39 Å². The van der Waals surface area contributed by atoms with Gasteiger partial charge in [-0.1, -0.05) is 84.9 Å². The zero-order valence-electron chi connectivity index (χ0n) is 21.1. The minimum atomic E-state index is 1.16. The summed E-state index contributed by atoms with van der Waals surface area (Å²) in [6.45, 7) is 0. The molecule has 2 heterocycles. The Morgan fingerprint density at radius 2 is 1.21 bits per heavy atom. The third kappa shape index (κ3) is 2.78. The van der Waals surface area contributed by atoms with Crippen LogP contribution in [0.2, 0.25) is 0 Å². The second-order valence-electron chi connectivity index (χ2n) is 10.4. The van der Waals surface area contributed by atoms with Crippen LogP contribution < -0.4 is 0 Å². The van der Waals surface area contributed by atoms with E-state index in [9.17, 15) is 0 Å². The van der Waals surface area contributed by atoms with Crippen LogP contribution in [-0.2, 0) is 0 Å². The second kappa shape index (κ2) is 7.66. The average Bonchev–Trinajstić information content (AvgIpc) is 3.52. The molecule has 2 nitrogen and oxygen atoms in total. The number of para-hydroxylation sites is 1. The lowest BCUT2D eigenvalue weighted by Crippen LogP contribution is -1.93. The van der Waals surface area contributed by atoms with Gasteiger partial charge in [0.05, 0.1) is 11.0 Å². The molecule has 2 aromatic heterocycles. The first-order valence-electron chi connectivity index (χ1n) is 13.4. The summed E-state index contributed by atoms with van der Waals surface area (Å²) in [6, 6.07) is 44.3. The number of nitrogens with zero attached hydrogens (tertiary/aromatic N) is 2. The Bertz CT molecular complexity index is 2240. The molecule has 180 valence electrons. The molecule has 2 heteroatoms. The molecule has 0 aliphatic heterocycles. The van der Waals surface area contributed by atoms with Gasteiger partial charge >= 0.3 is 0 Å². The van der Waals surface area contributed by atoms with Crippen LogP contribution in [0.4, 0.5) is 0 Å². The van der Waals surface area contributed by atoms with Crippen LogP contribution in [0.25, 0.3) is 82.4 Å². The Hall–Kier alpha value is -5.21. The number of fused-ring (bicyclic) bond motifs is 8. The van der Waals surface area contributed by atoms with Crippen LogP contribution >= 0.6 is 0 Å². The Balaban J connectivity index is 1.37. The quantitative estimate of drug-likeness (QED) is 0.234. The molecule has 39 heavy (non-hydrogen) atoms. The van der Waals surface area contributed by atoms with Gasteiger partial charge in [-0.15, -0.1) is 0 Å². The van der Waals surface area contributed by atoms with Gasteiger partial charge in [0.2, 0.25) is 0 Å². The van der Waals surface area contributed by atoms with Gasteiger partial charge in [0.1, 0.15) is 0 Å². The summed E-state index contributed by atoms with van der Waals surface area (Å²) in [5.74, 6) is 0. The van der Waals surface area contributed by atoms with Crippen molar-refractivity contribution < 1.29 is 0 Å². The first-order valence-corrected chi connectivity index (χ1v) is 13.4. The molecule has 6 aromatic carbocycles. The summed E-state index contributed by atoms with van der Waals surface area (Å²) >= 11 is 0. The molecule has 0 saturated carbocycles. The Kier molecular flexibility index (Phi) is 4.08. The van der Waals surface area contributed by atoms with E-state index >= 15 is 0 Å². The zero-order valence-corrected chi connectivity index (χ0v) is 21.1. The standard InChI is InChI=1S/C37H22N2/c1-2-7-25(8-3-1)39-34-17-13-23(21-33(34)37-27-19-20-38-22-24(27)14-18-35(37)39)26-15-16-32-29-10-5-4-9-28(29)31-12-6-11-30(26)36(31)32/h1-22H. The van der Waals surface area contributed by atoms with Crippen molar-refractivity contribution in [3.8, 4) is 39.1 Å². The molecule has 0 amide bonds. The number of pyridine rings is 1. The fourth-order valence-corrected chi connectivity index (χ4v) is 6.77. The van der Waals surface area contributed by atoms with Gasteiger partial charge in [-0.05, 0) is 85.9 Å². The molecule has 1 aliphatic carbocycles. The van der Waals surface area contributed by atoms with Crippen molar-refractivity contribution in [3.63, 3.8) is 0 Å². The fraction of sp³-hybridized carbons (Fsp3) is 0. The van der Waals surface area contributed by atoms with Crippen molar-refractivity contribution in [1.82, 2.24) is 9.55 Å². The summed E-state index contributed by atoms with van der Waals surface area (Å²) in [4.78, 5) is 4.40. The summed E-state index contributed by atoms with van der Waals surface area (Å²) in [7, 11) is 0. The lowest BCUT2D eigenvalue weighted by atomic mass is 9.93. The number of hydrogen-bond donors (Lipinski definition) is 0. The molecule has 0 N–H and O–H groups in total. The van der Waals surface area contributed by atoms with Crippen LogP contribution in [0.3, 0.4) is 0 Å². The van der Waals surface area contributed by atoms with Crippen molar-refractivity contribution in [3.05, 3.63) is 134 Å². The van der Waals surface area contributed by atoms with Crippen LogP contribution in [0.1, 0.15) is 0 Å². The summed E-state index contributed by atoms with van der Waals surface area (Å²) in [6.07, 6.45) is 3.86. The largest absolute Gasteiger partial charge is 0.309 e. The van der Waals surface area contributed by atoms with Crippen molar-refractivity contribution >= 4 is 43.4 Å². The smallest absolute Gasteiger partial charge is 0.0547 e. The number of benzene rings is 6. The summed E-state index contributed by atoms with van der Waals surface area (Å²) in [5.41, 5.74) is 11.4. The van der Waals surface area contributed by atoms with E-state index in [1.807, 2.05) is 12.4 Å². The maximum atomic E-state index is 4.40. The number of hydrogen-bond acceptors (Lipinski definition) is 1. The van der Waals surface area contributed by atoms with E-state index in [1.165, 1.54) is 77.0 Å². The molecule has 0 bridgehead atoms. The fourth-order valence-electron chi connectivity index (χ4n) is 6.77. The third-order valence-corrected chi connectivity index (χ3v) is 8.42. The normalized spacial score (nSPS) is 12.1. The number of aromatic nitrogens is 2. The van der Waals surface area contributed by atoms with E-state index in [0.29, 0.717) is 0 Å². The molecule has 0 radical (unpaired) electrons. The van der Waals surface area contributed by atoms with Gasteiger partial charge < -0.3 is 4.57 Å². The minimum Gasteiger partial charge on any atom is -0.309 e. The van der Waals surface area contributed by atoms with E-state index < -0.39 is 0 Å². The zero-order chi connectivity index (χ0) is 25.5. The van der Waals surface area contributed by atoms with Crippen molar-refractivity contribution in [1.29, 1.82) is 0 Å². The Labute approximate surface area is 225 Å². The van der Waals surface area contributed by atoms with Gasteiger partial charge in [0, 0.05) is 34.2 Å². The van der Waals surface area contributed by atoms with Crippen LogP contribution in [0.5, 0.6) is 0 Å². The van der Waals surface area contributed by atoms with Crippen molar-refractivity contribution in [2.75, 3.05) is 0 Å². The molecule has 0 fully saturated rings. The first kappa shape index (κ1) is 20.8. The highest BCUT2D eigenvalue weighted by Gasteiger charge is 2.23. The van der Waals surface area contributed by atoms with Gasteiger partial charge in [-0.2, -0.15) is 0 Å². The molecular weight excluding hydrogens is 472 g/mol. The van der Waals surface area contributed by atoms with Crippen LogP contribution in [-0.4, -0.2) is 9.55 Å². The molecule has 0 unspecified atom stereocenters. The molecule has 0 saturated heterocycles. The van der Waals surface area contributed by atoms with Crippen LogP contribution in [0.15, 0.2) is 134 Å². The lowest BCUT2D eigenvalue weighted by molar-refractivity contribution is 1.18. The van der Waals surface area contributed by atoms with Gasteiger partial charge in [-0.3, -0.25) is 4.98 Å². The van der Waals surface area contributed by atoms with Gasteiger partial charge in [-0.25, -0.2) is 0 Å². The van der Waals surface area contributed by atoms with E-state index in [1.54, 1.807) is 0 Å². The van der Waals surface area contributed by atoms with E-state index in [4.69, 9.17) is 0 Å². The van der Waals surface area contributed by atoms with E-state index in [-0.39, 0.29) is 0 Å². The SMILES string of the molecule is c1ccc(-n2c3ccc(-c4ccc5c6c(cccc46)-c4ccccc4-5)cc3c3c4ccncc4ccc32)cc1. The molecule has 1 aliphatic rings. The summed E-state index contributed by atoms with van der Waals surface area (Å²) < 4.78 is 2.39. The monoisotopic (exact) mass is 494 g/mol. The lowest BCUT2D eigenvalue weighted by Gasteiger charge is -2.11. The van der Waals surface area contributed by atoms with Gasteiger partial charge in [0.25, 0.3) is 0 Å². The second-order valence-corrected chi connectivity index (χ2v) is 10.4. The highest BCUT2D eigenvalue weighted by Crippen LogP contribution is 2.49. The highest BCUT2D eigenvalue weighted by molar-refractivity contribution is 6.23. The molecular formula is C37H22N2. The number of rotatable bonds is 2. The average molecular weight is 495 g/mol. The topological polar surface area (TPSA) is 17.8 Å². The van der Waals surface area contributed by atoms with Crippen molar-refractivity contribution in [2.24, 2.45) is 0 Å². The first-order chi connectivity index (χ1) is 19.4. The Morgan fingerprint density at radius 1 is 0.462 bits per heavy atom. The minimum absolute atomic E-state index is 1.16. The molecule has 8 aromatic rings. The predicted molar refractivity (Wildman–Crippen MR) is 163 cm³/mol. The van der Waals surface area contributed by atoms with Crippen molar-refractivity contribution in [2.45, 2.75) is 0 Å². The summed E-state index contributed by atoms with van der Waals surface area (Å²) in [5, 5.41) is 7.59. The predicted octanol–water partition coefficient (Wildman–Crippen LogP) is 9.80. The van der Waals surface area contributed by atoms with E-state index in [2.05, 4.69) is 131 Å². The molecule has 9 rings (SSSR count). The van der Waals surface area contributed by atoms with Crippen LogP contribution in [0, 0.1) is 0 Å². The highest BCUT2D eigenvalue weighted by atomic mass is 15.0. The Morgan fingerprint density at radius 3 is 2.08 bits per heavy atom. The maximum Gasteiger partial charge on any atom is 0.0547 e. The molecule has 0 spiro atoms. The molecule has 0 atom stereocenters. The maximum absolute atomic E-state index is 4.40. The van der Waals surface area contributed by atoms with Gasteiger partial charge in [0.15, 0.2) is 0 Å².